The normalized spacial score (nSPS) is 14.1. The number of nitrogens with zero attached hydrogens (tertiary/aromatic N) is 2. The SMILES string of the molecule is CCN(Cc1ccccc1)C(=O)c1ccccc1N1CCC(NC(=O)/C=C/c2ccccc2)CC1. The van der Waals surface area contributed by atoms with Gasteiger partial charge in [0.05, 0.1) is 5.56 Å². The minimum Gasteiger partial charge on any atom is -0.371 e. The Labute approximate surface area is 208 Å². The Kier molecular flexibility index (Phi) is 8.34. The van der Waals surface area contributed by atoms with Gasteiger partial charge in [0, 0.05) is 44.0 Å². The number of hydrogen-bond donors (Lipinski definition) is 1. The van der Waals surface area contributed by atoms with Crippen molar-refractivity contribution in [3.63, 3.8) is 0 Å². The van der Waals surface area contributed by atoms with Crippen LogP contribution in [0.15, 0.2) is 91.0 Å². The van der Waals surface area contributed by atoms with Crippen LogP contribution in [-0.2, 0) is 11.3 Å². The van der Waals surface area contributed by atoms with Crippen LogP contribution in [-0.4, -0.2) is 42.4 Å². The Bertz CT molecular complexity index is 1140. The van der Waals surface area contributed by atoms with Crippen molar-refractivity contribution in [1.82, 2.24) is 10.2 Å². The third kappa shape index (κ3) is 6.60. The van der Waals surface area contributed by atoms with Crippen LogP contribution in [0.4, 0.5) is 5.69 Å². The molecule has 0 atom stereocenters. The summed E-state index contributed by atoms with van der Waals surface area (Å²) in [5.74, 6) is -0.0178. The molecular formula is C30H33N3O2. The molecule has 0 spiro atoms. The zero-order chi connectivity index (χ0) is 24.5. The summed E-state index contributed by atoms with van der Waals surface area (Å²) in [5.41, 5.74) is 3.83. The van der Waals surface area contributed by atoms with Crippen molar-refractivity contribution in [3.05, 3.63) is 108 Å². The molecule has 0 unspecified atom stereocenters. The maximum Gasteiger partial charge on any atom is 0.256 e. The number of benzene rings is 3. The van der Waals surface area contributed by atoms with Crippen LogP contribution in [0.25, 0.3) is 6.08 Å². The number of anilines is 1. The third-order valence-corrected chi connectivity index (χ3v) is 6.43. The minimum atomic E-state index is -0.0672. The molecular weight excluding hydrogens is 434 g/mol. The highest BCUT2D eigenvalue weighted by Gasteiger charge is 2.25. The number of carbonyl (C=O) groups excluding carboxylic acids is 2. The van der Waals surface area contributed by atoms with Crippen molar-refractivity contribution in [2.24, 2.45) is 0 Å². The molecule has 2 amide bonds. The topological polar surface area (TPSA) is 52.7 Å². The van der Waals surface area contributed by atoms with Gasteiger partial charge in [-0.05, 0) is 49.1 Å². The van der Waals surface area contributed by atoms with E-state index in [1.807, 2.05) is 90.7 Å². The van der Waals surface area contributed by atoms with Gasteiger partial charge in [-0.3, -0.25) is 9.59 Å². The fourth-order valence-corrected chi connectivity index (χ4v) is 4.48. The molecule has 180 valence electrons. The first kappa shape index (κ1) is 24.3. The number of amides is 2. The first-order valence-corrected chi connectivity index (χ1v) is 12.3. The summed E-state index contributed by atoms with van der Waals surface area (Å²) in [6.07, 6.45) is 5.12. The lowest BCUT2D eigenvalue weighted by Gasteiger charge is -2.35. The highest BCUT2D eigenvalue weighted by atomic mass is 16.2. The van der Waals surface area contributed by atoms with Crippen molar-refractivity contribution in [1.29, 1.82) is 0 Å². The highest BCUT2D eigenvalue weighted by molar-refractivity contribution is 6.00. The van der Waals surface area contributed by atoms with Gasteiger partial charge in [0.15, 0.2) is 0 Å². The van der Waals surface area contributed by atoms with Crippen LogP contribution in [0.2, 0.25) is 0 Å². The summed E-state index contributed by atoms with van der Waals surface area (Å²) in [6, 6.07) is 27.9. The summed E-state index contributed by atoms with van der Waals surface area (Å²) >= 11 is 0. The molecule has 35 heavy (non-hydrogen) atoms. The third-order valence-electron chi connectivity index (χ3n) is 6.43. The lowest BCUT2D eigenvalue weighted by molar-refractivity contribution is -0.117. The molecule has 1 saturated heterocycles. The molecule has 5 heteroatoms. The first-order valence-electron chi connectivity index (χ1n) is 12.3. The summed E-state index contributed by atoms with van der Waals surface area (Å²) in [5, 5.41) is 3.13. The second-order valence-electron chi connectivity index (χ2n) is 8.84. The van der Waals surface area contributed by atoms with E-state index in [4.69, 9.17) is 0 Å². The number of piperidine rings is 1. The smallest absolute Gasteiger partial charge is 0.256 e. The Morgan fingerprint density at radius 1 is 0.914 bits per heavy atom. The predicted molar refractivity (Wildman–Crippen MR) is 142 cm³/mol. The van der Waals surface area contributed by atoms with E-state index in [0.29, 0.717) is 13.1 Å². The number of rotatable bonds is 8. The van der Waals surface area contributed by atoms with E-state index in [9.17, 15) is 9.59 Å². The number of para-hydroxylation sites is 1. The molecule has 4 rings (SSSR count). The van der Waals surface area contributed by atoms with E-state index in [0.717, 1.165) is 48.3 Å². The van der Waals surface area contributed by atoms with Gasteiger partial charge in [0.2, 0.25) is 5.91 Å². The van der Waals surface area contributed by atoms with Crippen LogP contribution in [0.1, 0.15) is 41.3 Å². The zero-order valence-electron chi connectivity index (χ0n) is 20.3. The largest absolute Gasteiger partial charge is 0.371 e. The molecule has 0 bridgehead atoms. The molecule has 0 aromatic heterocycles. The Balaban J connectivity index is 1.36. The van der Waals surface area contributed by atoms with Crippen LogP contribution >= 0.6 is 0 Å². The van der Waals surface area contributed by atoms with E-state index in [-0.39, 0.29) is 17.9 Å². The lowest BCUT2D eigenvalue weighted by Crippen LogP contribution is -2.45. The standard InChI is InChI=1S/C30H33N3O2/c1-2-32(23-25-13-7-4-8-14-25)30(35)27-15-9-10-16-28(27)33-21-19-26(20-22-33)31-29(34)18-17-24-11-5-3-6-12-24/h3-18,26H,2,19-23H2,1H3,(H,31,34)/b18-17+. The fourth-order valence-electron chi connectivity index (χ4n) is 4.48. The van der Waals surface area contributed by atoms with Gasteiger partial charge in [0.1, 0.15) is 0 Å². The molecule has 0 radical (unpaired) electrons. The molecule has 1 aliphatic heterocycles. The number of carbonyl (C=O) groups is 2. The van der Waals surface area contributed by atoms with Crippen molar-refractivity contribution >= 4 is 23.6 Å². The summed E-state index contributed by atoms with van der Waals surface area (Å²) in [4.78, 5) is 30.0. The monoisotopic (exact) mass is 467 g/mol. The van der Waals surface area contributed by atoms with Gasteiger partial charge in [-0.2, -0.15) is 0 Å². The molecule has 0 saturated carbocycles. The van der Waals surface area contributed by atoms with Crippen LogP contribution in [0.5, 0.6) is 0 Å². The van der Waals surface area contributed by atoms with Crippen molar-refractivity contribution in [2.75, 3.05) is 24.5 Å². The Hall–Kier alpha value is -3.86. The van der Waals surface area contributed by atoms with E-state index in [1.54, 1.807) is 6.08 Å². The zero-order valence-corrected chi connectivity index (χ0v) is 20.3. The van der Waals surface area contributed by atoms with Gasteiger partial charge in [-0.1, -0.05) is 72.8 Å². The van der Waals surface area contributed by atoms with Gasteiger partial charge < -0.3 is 15.1 Å². The quantitative estimate of drug-likeness (QED) is 0.466. The average molecular weight is 468 g/mol. The fraction of sp³-hybridized carbons (Fsp3) is 0.267. The first-order chi connectivity index (χ1) is 17.1. The van der Waals surface area contributed by atoms with Crippen molar-refractivity contribution in [3.8, 4) is 0 Å². The van der Waals surface area contributed by atoms with Crippen LogP contribution in [0.3, 0.4) is 0 Å². The van der Waals surface area contributed by atoms with Crippen molar-refractivity contribution < 1.29 is 9.59 Å². The maximum atomic E-state index is 13.5. The summed E-state index contributed by atoms with van der Waals surface area (Å²) < 4.78 is 0. The lowest BCUT2D eigenvalue weighted by atomic mass is 10.0. The van der Waals surface area contributed by atoms with E-state index >= 15 is 0 Å². The van der Waals surface area contributed by atoms with E-state index in [1.165, 1.54) is 0 Å². The van der Waals surface area contributed by atoms with E-state index < -0.39 is 0 Å². The van der Waals surface area contributed by atoms with Crippen LogP contribution in [0, 0.1) is 0 Å². The van der Waals surface area contributed by atoms with E-state index in [2.05, 4.69) is 22.3 Å². The Morgan fingerprint density at radius 3 is 2.23 bits per heavy atom. The van der Waals surface area contributed by atoms with Gasteiger partial charge in [0.25, 0.3) is 5.91 Å². The molecule has 3 aromatic rings. The minimum absolute atomic E-state index is 0.0495. The molecule has 1 aliphatic rings. The summed E-state index contributed by atoms with van der Waals surface area (Å²) in [7, 11) is 0. The molecule has 3 aromatic carbocycles. The number of nitrogens with one attached hydrogen (secondary N) is 1. The molecule has 1 heterocycles. The predicted octanol–water partition coefficient (Wildman–Crippen LogP) is 5.15. The van der Waals surface area contributed by atoms with Crippen LogP contribution < -0.4 is 10.2 Å². The Morgan fingerprint density at radius 2 is 1.54 bits per heavy atom. The molecule has 5 nitrogen and oxygen atoms in total. The highest BCUT2D eigenvalue weighted by Crippen LogP contribution is 2.26. The van der Waals surface area contributed by atoms with Gasteiger partial charge in [-0.25, -0.2) is 0 Å². The second-order valence-corrected chi connectivity index (χ2v) is 8.84. The number of hydrogen-bond acceptors (Lipinski definition) is 3. The average Bonchev–Trinajstić information content (AvgIpc) is 2.92. The summed E-state index contributed by atoms with van der Waals surface area (Å²) in [6.45, 7) is 4.84. The maximum absolute atomic E-state index is 13.5. The second kappa shape index (κ2) is 12.0. The molecule has 0 aliphatic carbocycles. The van der Waals surface area contributed by atoms with Crippen molar-refractivity contribution in [2.45, 2.75) is 32.4 Å². The molecule has 1 fully saturated rings. The van der Waals surface area contributed by atoms with Gasteiger partial charge >= 0.3 is 0 Å². The van der Waals surface area contributed by atoms with Gasteiger partial charge in [-0.15, -0.1) is 0 Å². The molecule has 1 N–H and O–H groups in total.